The largest absolute Gasteiger partial charge is 0.379 e. The van der Waals surface area contributed by atoms with Crippen molar-refractivity contribution in [2.75, 3.05) is 11.9 Å². The highest BCUT2D eigenvalue weighted by Crippen LogP contribution is 2.35. The maximum absolute atomic E-state index is 6.11. The highest BCUT2D eigenvalue weighted by atomic mass is 79.9. The van der Waals surface area contributed by atoms with Crippen LogP contribution in [-0.2, 0) is 0 Å². The molecular weight excluding hydrogens is 312 g/mol. The summed E-state index contributed by atoms with van der Waals surface area (Å²) in [7, 11) is 0. The molecule has 1 saturated carbocycles. The normalized spacial score (nSPS) is 19.1. The van der Waals surface area contributed by atoms with Crippen molar-refractivity contribution < 1.29 is 0 Å². The van der Waals surface area contributed by atoms with Crippen LogP contribution in [0.25, 0.3) is 0 Å². The van der Waals surface area contributed by atoms with Gasteiger partial charge in [-0.25, -0.2) is 0 Å². The Kier molecular flexibility index (Phi) is 4.57. The third-order valence-corrected chi connectivity index (χ3v) is 5.01. The molecule has 2 rings (SSSR count). The fraction of sp³-hybridized carbons (Fsp3) is 0.571. The van der Waals surface area contributed by atoms with Gasteiger partial charge in [-0.3, -0.25) is 0 Å². The summed E-state index contributed by atoms with van der Waals surface area (Å²) < 4.78 is 0.920. The van der Waals surface area contributed by atoms with E-state index in [1.165, 1.54) is 19.3 Å². The highest BCUT2D eigenvalue weighted by Gasteiger charge is 2.29. The molecule has 0 spiro atoms. The molecule has 1 aliphatic carbocycles. The van der Waals surface area contributed by atoms with Crippen molar-refractivity contribution in [3.05, 3.63) is 27.7 Å². The molecule has 18 heavy (non-hydrogen) atoms. The zero-order valence-corrected chi connectivity index (χ0v) is 13.0. The molecule has 2 nitrogen and oxygen atoms in total. The lowest BCUT2D eigenvalue weighted by molar-refractivity contribution is 0.248. The zero-order valence-electron chi connectivity index (χ0n) is 10.7. The summed E-state index contributed by atoms with van der Waals surface area (Å²) in [5, 5.41) is 4.27. The van der Waals surface area contributed by atoms with E-state index in [-0.39, 0.29) is 5.54 Å². The van der Waals surface area contributed by atoms with Gasteiger partial charge in [-0.1, -0.05) is 30.9 Å². The van der Waals surface area contributed by atoms with Crippen LogP contribution >= 0.6 is 27.5 Å². The molecule has 1 aromatic carbocycles. The van der Waals surface area contributed by atoms with Crippen LogP contribution in [0.4, 0.5) is 5.69 Å². The van der Waals surface area contributed by atoms with Gasteiger partial charge in [0.1, 0.15) is 0 Å². The van der Waals surface area contributed by atoms with E-state index in [0.717, 1.165) is 27.5 Å². The van der Waals surface area contributed by atoms with Gasteiger partial charge >= 0.3 is 0 Å². The lowest BCUT2D eigenvalue weighted by Gasteiger charge is -2.37. The van der Waals surface area contributed by atoms with Crippen LogP contribution in [0.3, 0.4) is 0 Å². The third-order valence-electron chi connectivity index (χ3n) is 3.78. The molecule has 1 atom stereocenters. The number of anilines is 1. The molecule has 1 unspecified atom stereocenters. The second-order valence-electron chi connectivity index (χ2n) is 5.52. The SMILES string of the molecule is CC(CN)(CC1CCC1)Nc1ccc(Br)c(Cl)c1. The van der Waals surface area contributed by atoms with E-state index in [2.05, 4.69) is 28.2 Å². The lowest BCUT2D eigenvalue weighted by Crippen LogP contribution is -2.45. The molecule has 100 valence electrons. The Balaban J connectivity index is 2.05. The second kappa shape index (κ2) is 5.81. The van der Waals surface area contributed by atoms with Crippen LogP contribution < -0.4 is 11.1 Å². The van der Waals surface area contributed by atoms with E-state index in [4.69, 9.17) is 17.3 Å². The van der Waals surface area contributed by atoms with Gasteiger partial charge in [-0.05, 0) is 53.4 Å². The number of hydrogen-bond acceptors (Lipinski definition) is 2. The van der Waals surface area contributed by atoms with Gasteiger partial charge in [0.05, 0.1) is 5.02 Å². The number of nitrogens with two attached hydrogens (primary N) is 1. The molecule has 4 heteroatoms. The standard InChI is InChI=1S/C14H20BrClN2/c1-14(9-17,8-10-3-2-4-10)18-11-5-6-12(15)13(16)7-11/h5-7,10,18H,2-4,8-9,17H2,1H3. The Morgan fingerprint density at radius 3 is 2.72 bits per heavy atom. The Morgan fingerprint density at radius 1 is 1.50 bits per heavy atom. The molecule has 0 aromatic heterocycles. The van der Waals surface area contributed by atoms with Crippen LogP contribution in [0.1, 0.15) is 32.6 Å². The molecule has 3 N–H and O–H groups in total. The van der Waals surface area contributed by atoms with Crippen LogP contribution in [0.15, 0.2) is 22.7 Å². The van der Waals surface area contributed by atoms with E-state index in [9.17, 15) is 0 Å². The topological polar surface area (TPSA) is 38.0 Å². The first-order valence-electron chi connectivity index (χ1n) is 6.46. The lowest BCUT2D eigenvalue weighted by atomic mass is 9.76. The van der Waals surface area contributed by atoms with Crippen molar-refractivity contribution in [3.8, 4) is 0 Å². The summed E-state index contributed by atoms with van der Waals surface area (Å²) in [5.74, 6) is 0.831. The quantitative estimate of drug-likeness (QED) is 0.838. The molecule has 1 fully saturated rings. The highest BCUT2D eigenvalue weighted by molar-refractivity contribution is 9.10. The molecule has 0 aliphatic heterocycles. The van der Waals surface area contributed by atoms with Crippen LogP contribution in [0.2, 0.25) is 5.02 Å². The average molecular weight is 332 g/mol. The van der Waals surface area contributed by atoms with Crippen LogP contribution in [-0.4, -0.2) is 12.1 Å². The van der Waals surface area contributed by atoms with Gasteiger partial charge < -0.3 is 11.1 Å². The number of benzene rings is 1. The Hall–Kier alpha value is -0.250. The number of halogens is 2. The minimum absolute atomic E-state index is 0.0394. The Bertz CT molecular complexity index is 420. The van der Waals surface area contributed by atoms with Crippen LogP contribution in [0.5, 0.6) is 0 Å². The first kappa shape index (κ1) is 14.2. The molecule has 0 bridgehead atoms. The molecule has 0 heterocycles. The minimum atomic E-state index is -0.0394. The molecule has 0 amide bonds. The molecule has 1 aliphatic rings. The fourth-order valence-electron chi connectivity index (χ4n) is 2.44. The van der Waals surface area contributed by atoms with Crippen molar-refractivity contribution >= 4 is 33.2 Å². The molecule has 0 radical (unpaired) electrons. The van der Waals surface area contributed by atoms with Gasteiger partial charge in [-0.15, -0.1) is 0 Å². The second-order valence-corrected chi connectivity index (χ2v) is 6.78. The summed E-state index contributed by atoms with van der Waals surface area (Å²) in [5.41, 5.74) is 6.94. The van der Waals surface area contributed by atoms with E-state index in [1.807, 2.05) is 18.2 Å². The van der Waals surface area contributed by atoms with Crippen LogP contribution in [0, 0.1) is 5.92 Å². The van der Waals surface area contributed by atoms with Gasteiger partial charge in [-0.2, -0.15) is 0 Å². The maximum Gasteiger partial charge on any atom is 0.0568 e. The third kappa shape index (κ3) is 3.40. The minimum Gasteiger partial charge on any atom is -0.379 e. The first-order chi connectivity index (χ1) is 8.52. The zero-order chi connectivity index (χ0) is 13.2. The van der Waals surface area contributed by atoms with Crippen molar-refractivity contribution in [2.45, 2.75) is 38.1 Å². The van der Waals surface area contributed by atoms with Crippen molar-refractivity contribution in [2.24, 2.45) is 11.7 Å². The predicted octanol–water partition coefficient (Wildman–Crippen LogP) is 4.42. The number of rotatable bonds is 5. The molecular formula is C14H20BrClN2. The van der Waals surface area contributed by atoms with Gasteiger partial charge in [0.2, 0.25) is 0 Å². The maximum atomic E-state index is 6.11. The van der Waals surface area contributed by atoms with E-state index >= 15 is 0 Å². The number of nitrogens with one attached hydrogen (secondary N) is 1. The summed E-state index contributed by atoms with van der Waals surface area (Å²) in [6, 6.07) is 5.94. The number of hydrogen-bond donors (Lipinski definition) is 2. The van der Waals surface area contributed by atoms with E-state index < -0.39 is 0 Å². The van der Waals surface area contributed by atoms with Crippen molar-refractivity contribution in [3.63, 3.8) is 0 Å². The van der Waals surface area contributed by atoms with Crippen molar-refractivity contribution in [1.29, 1.82) is 0 Å². The monoisotopic (exact) mass is 330 g/mol. The van der Waals surface area contributed by atoms with Crippen molar-refractivity contribution in [1.82, 2.24) is 0 Å². The molecule has 0 saturated heterocycles. The van der Waals surface area contributed by atoms with Gasteiger partial charge in [0, 0.05) is 22.2 Å². The van der Waals surface area contributed by atoms with E-state index in [1.54, 1.807) is 0 Å². The Morgan fingerprint density at radius 2 is 2.22 bits per heavy atom. The van der Waals surface area contributed by atoms with E-state index in [0.29, 0.717) is 6.54 Å². The Labute approximate surface area is 122 Å². The summed E-state index contributed by atoms with van der Waals surface area (Å²) in [6.45, 7) is 2.83. The summed E-state index contributed by atoms with van der Waals surface area (Å²) >= 11 is 9.51. The predicted molar refractivity (Wildman–Crippen MR) is 82.2 cm³/mol. The van der Waals surface area contributed by atoms with Gasteiger partial charge in [0.15, 0.2) is 0 Å². The summed E-state index contributed by atoms with van der Waals surface area (Å²) in [4.78, 5) is 0. The smallest absolute Gasteiger partial charge is 0.0568 e. The fourth-order valence-corrected chi connectivity index (χ4v) is 2.87. The first-order valence-corrected chi connectivity index (χ1v) is 7.63. The van der Waals surface area contributed by atoms with Gasteiger partial charge in [0.25, 0.3) is 0 Å². The average Bonchev–Trinajstić information content (AvgIpc) is 2.29. The summed E-state index contributed by atoms with van der Waals surface area (Å²) in [6.07, 6.45) is 5.20. The molecule has 1 aromatic rings.